The van der Waals surface area contributed by atoms with Gasteiger partial charge in [0.15, 0.2) is 0 Å². The van der Waals surface area contributed by atoms with Crippen LogP contribution in [0.25, 0.3) is 0 Å². The monoisotopic (exact) mass is 329 g/mol. The summed E-state index contributed by atoms with van der Waals surface area (Å²) in [4.78, 5) is 0. The SMILES string of the molecule is CCC(C)(CNC(C)(C)C)Cc1cccc(F)c1Br. The Labute approximate surface area is 125 Å². The lowest BCUT2D eigenvalue weighted by atomic mass is 9.80. The molecule has 0 heterocycles. The summed E-state index contributed by atoms with van der Waals surface area (Å²) in [5, 5.41) is 3.56. The van der Waals surface area contributed by atoms with Gasteiger partial charge in [0.1, 0.15) is 5.82 Å². The van der Waals surface area contributed by atoms with E-state index in [4.69, 9.17) is 0 Å². The minimum Gasteiger partial charge on any atom is -0.312 e. The molecule has 1 nitrogen and oxygen atoms in total. The summed E-state index contributed by atoms with van der Waals surface area (Å²) < 4.78 is 14.2. The minimum atomic E-state index is -0.181. The fourth-order valence-electron chi connectivity index (χ4n) is 1.94. The molecule has 19 heavy (non-hydrogen) atoms. The molecule has 0 bridgehead atoms. The number of nitrogens with one attached hydrogen (secondary N) is 1. The quantitative estimate of drug-likeness (QED) is 0.807. The van der Waals surface area contributed by atoms with Gasteiger partial charge in [0.2, 0.25) is 0 Å². The van der Waals surface area contributed by atoms with Crippen molar-refractivity contribution < 1.29 is 4.39 Å². The van der Waals surface area contributed by atoms with E-state index in [1.165, 1.54) is 6.07 Å². The van der Waals surface area contributed by atoms with Crippen LogP contribution in [0, 0.1) is 11.2 Å². The van der Waals surface area contributed by atoms with Crippen molar-refractivity contribution in [2.75, 3.05) is 6.54 Å². The Morgan fingerprint density at radius 3 is 2.37 bits per heavy atom. The Balaban J connectivity index is 2.83. The zero-order valence-corrected chi connectivity index (χ0v) is 14.2. The predicted molar refractivity (Wildman–Crippen MR) is 84.0 cm³/mol. The van der Waals surface area contributed by atoms with Gasteiger partial charge in [-0.1, -0.05) is 26.0 Å². The molecule has 0 aliphatic heterocycles. The van der Waals surface area contributed by atoms with E-state index in [-0.39, 0.29) is 16.8 Å². The van der Waals surface area contributed by atoms with Gasteiger partial charge < -0.3 is 5.32 Å². The van der Waals surface area contributed by atoms with Crippen LogP contribution in [0.3, 0.4) is 0 Å². The standard InChI is InChI=1S/C16H25BrFN/c1-6-16(5,11-19-15(2,3)4)10-12-8-7-9-13(18)14(12)17/h7-9,19H,6,10-11H2,1-5H3. The normalized spacial score (nSPS) is 15.3. The molecule has 108 valence electrons. The molecular weight excluding hydrogens is 305 g/mol. The van der Waals surface area contributed by atoms with Crippen LogP contribution < -0.4 is 5.32 Å². The van der Waals surface area contributed by atoms with E-state index < -0.39 is 0 Å². The van der Waals surface area contributed by atoms with E-state index in [0.717, 1.165) is 24.9 Å². The van der Waals surface area contributed by atoms with Crippen molar-refractivity contribution in [2.24, 2.45) is 5.41 Å². The number of halogens is 2. The zero-order chi connectivity index (χ0) is 14.7. The summed E-state index contributed by atoms with van der Waals surface area (Å²) in [6.07, 6.45) is 1.92. The molecule has 1 N–H and O–H groups in total. The summed E-state index contributed by atoms with van der Waals surface area (Å²) in [6, 6.07) is 5.27. The van der Waals surface area contributed by atoms with Gasteiger partial charge in [-0.3, -0.25) is 0 Å². The molecule has 0 amide bonds. The van der Waals surface area contributed by atoms with Crippen LogP contribution in [0.5, 0.6) is 0 Å². The highest BCUT2D eigenvalue weighted by atomic mass is 79.9. The van der Waals surface area contributed by atoms with Gasteiger partial charge in [-0.15, -0.1) is 0 Å². The van der Waals surface area contributed by atoms with Crippen LogP contribution in [-0.2, 0) is 6.42 Å². The Morgan fingerprint density at radius 1 is 1.21 bits per heavy atom. The van der Waals surface area contributed by atoms with Crippen molar-refractivity contribution >= 4 is 15.9 Å². The summed E-state index contributed by atoms with van der Waals surface area (Å²) >= 11 is 3.36. The highest BCUT2D eigenvalue weighted by molar-refractivity contribution is 9.10. The number of benzene rings is 1. The third-order valence-corrected chi connectivity index (χ3v) is 4.44. The highest BCUT2D eigenvalue weighted by Gasteiger charge is 2.26. The summed E-state index contributed by atoms with van der Waals surface area (Å²) in [5.41, 5.74) is 1.28. The third-order valence-electron chi connectivity index (χ3n) is 3.55. The van der Waals surface area contributed by atoms with Crippen molar-refractivity contribution in [3.05, 3.63) is 34.1 Å². The van der Waals surface area contributed by atoms with Gasteiger partial charge in [-0.2, -0.15) is 0 Å². The molecule has 0 saturated heterocycles. The van der Waals surface area contributed by atoms with Crippen molar-refractivity contribution in [2.45, 2.75) is 53.0 Å². The van der Waals surface area contributed by atoms with Crippen LogP contribution in [0.4, 0.5) is 4.39 Å². The van der Waals surface area contributed by atoms with Crippen molar-refractivity contribution in [1.29, 1.82) is 0 Å². The molecule has 1 unspecified atom stereocenters. The van der Waals surface area contributed by atoms with E-state index in [1.807, 2.05) is 6.07 Å². The molecule has 3 heteroatoms. The molecule has 0 fully saturated rings. The van der Waals surface area contributed by atoms with Crippen LogP contribution in [0.2, 0.25) is 0 Å². The first-order valence-corrected chi connectivity index (χ1v) is 7.64. The molecule has 1 rings (SSSR count). The maximum absolute atomic E-state index is 13.6. The van der Waals surface area contributed by atoms with Crippen LogP contribution >= 0.6 is 15.9 Å². The van der Waals surface area contributed by atoms with Gasteiger partial charge in [0.25, 0.3) is 0 Å². The lowest BCUT2D eigenvalue weighted by molar-refractivity contribution is 0.254. The van der Waals surface area contributed by atoms with E-state index in [0.29, 0.717) is 4.47 Å². The highest BCUT2D eigenvalue weighted by Crippen LogP contribution is 2.31. The molecule has 0 saturated carbocycles. The van der Waals surface area contributed by atoms with E-state index in [2.05, 4.69) is 55.9 Å². The second-order valence-electron chi connectivity index (χ2n) is 6.66. The van der Waals surface area contributed by atoms with Crippen molar-refractivity contribution in [1.82, 2.24) is 5.32 Å². The van der Waals surface area contributed by atoms with E-state index in [1.54, 1.807) is 6.07 Å². The number of rotatable bonds is 5. The molecule has 0 aliphatic carbocycles. The lowest BCUT2D eigenvalue weighted by Crippen LogP contribution is -2.43. The number of hydrogen-bond donors (Lipinski definition) is 1. The Kier molecular flexibility index (Phi) is 5.57. The lowest BCUT2D eigenvalue weighted by Gasteiger charge is -2.33. The molecule has 1 atom stereocenters. The topological polar surface area (TPSA) is 12.0 Å². The first kappa shape index (κ1) is 16.6. The Morgan fingerprint density at radius 2 is 1.84 bits per heavy atom. The van der Waals surface area contributed by atoms with Gasteiger partial charge in [0.05, 0.1) is 4.47 Å². The summed E-state index contributed by atoms with van der Waals surface area (Å²) in [5.74, 6) is -0.181. The van der Waals surface area contributed by atoms with Crippen LogP contribution in [-0.4, -0.2) is 12.1 Å². The van der Waals surface area contributed by atoms with E-state index >= 15 is 0 Å². The van der Waals surface area contributed by atoms with E-state index in [9.17, 15) is 4.39 Å². The van der Waals surface area contributed by atoms with Gasteiger partial charge in [0, 0.05) is 12.1 Å². The predicted octanol–water partition coefficient (Wildman–Crippen LogP) is 4.94. The first-order chi connectivity index (χ1) is 8.67. The summed E-state index contributed by atoms with van der Waals surface area (Å²) in [7, 11) is 0. The number of hydrogen-bond acceptors (Lipinski definition) is 1. The fraction of sp³-hybridized carbons (Fsp3) is 0.625. The van der Waals surface area contributed by atoms with Gasteiger partial charge >= 0.3 is 0 Å². The minimum absolute atomic E-state index is 0.107. The molecule has 0 aliphatic rings. The zero-order valence-electron chi connectivity index (χ0n) is 12.6. The molecule has 1 aromatic carbocycles. The Bertz CT molecular complexity index is 425. The second kappa shape index (κ2) is 6.36. The Hall–Kier alpha value is -0.410. The fourth-order valence-corrected chi connectivity index (χ4v) is 2.34. The maximum Gasteiger partial charge on any atom is 0.137 e. The summed E-state index contributed by atoms with van der Waals surface area (Å²) in [6.45, 7) is 11.9. The van der Waals surface area contributed by atoms with Gasteiger partial charge in [-0.05, 0) is 66.6 Å². The second-order valence-corrected chi connectivity index (χ2v) is 7.45. The largest absolute Gasteiger partial charge is 0.312 e. The third kappa shape index (κ3) is 5.23. The maximum atomic E-state index is 13.6. The smallest absolute Gasteiger partial charge is 0.137 e. The first-order valence-electron chi connectivity index (χ1n) is 6.85. The molecule has 1 aromatic rings. The molecule has 0 aromatic heterocycles. The van der Waals surface area contributed by atoms with Crippen LogP contribution in [0.15, 0.2) is 22.7 Å². The molecular formula is C16H25BrFN. The molecule has 0 spiro atoms. The molecule has 0 radical (unpaired) electrons. The van der Waals surface area contributed by atoms with Crippen molar-refractivity contribution in [3.8, 4) is 0 Å². The average Bonchev–Trinajstić information content (AvgIpc) is 2.32. The van der Waals surface area contributed by atoms with Crippen LogP contribution in [0.1, 0.15) is 46.6 Å². The van der Waals surface area contributed by atoms with Crippen molar-refractivity contribution in [3.63, 3.8) is 0 Å². The van der Waals surface area contributed by atoms with Gasteiger partial charge in [-0.25, -0.2) is 4.39 Å². The average molecular weight is 330 g/mol.